The quantitative estimate of drug-likeness (QED) is 0.460. The third-order valence-corrected chi connectivity index (χ3v) is 4.38. The van der Waals surface area contributed by atoms with Crippen LogP contribution in [0.5, 0.6) is 0 Å². The highest BCUT2D eigenvalue weighted by molar-refractivity contribution is 6.30. The molecule has 2 aromatic heterocycles. The number of benzene rings is 2. The summed E-state index contributed by atoms with van der Waals surface area (Å²) in [5.41, 5.74) is 3.66. The molecule has 0 N–H and O–H groups in total. The van der Waals surface area contributed by atoms with E-state index in [0.29, 0.717) is 16.3 Å². The molecule has 0 radical (unpaired) electrons. The zero-order chi connectivity index (χ0) is 19.5. The normalized spacial score (nSPS) is 10.6. The van der Waals surface area contributed by atoms with Crippen LogP contribution in [0.1, 0.15) is 10.5 Å². The molecule has 2 aromatic carbocycles. The molecule has 0 unspecified atom stereocenters. The van der Waals surface area contributed by atoms with E-state index in [9.17, 15) is 4.79 Å². The molecule has 0 saturated carbocycles. The second-order valence-corrected chi connectivity index (χ2v) is 6.32. The summed E-state index contributed by atoms with van der Waals surface area (Å²) in [6.07, 6.45) is 2.90. The lowest BCUT2D eigenvalue weighted by Crippen LogP contribution is -2.01. The van der Waals surface area contributed by atoms with Crippen molar-refractivity contribution in [2.45, 2.75) is 0 Å². The molecule has 0 spiro atoms. The SMILES string of the molecule is COC(=O)c1coc(-c2c(-c3ccccc3)cnnc2-c2cccc(Cl)c2)n1. The van der Waals surface area contributed by atoms with Crippen LogP contribution in [-0.4, -0.2) is 28.3 Å². The van der Waals surface area contributed by atoms with E-state index < -0.39 is 5.97 Å². The Bertz CT molecular complexity index is 1140. The van der Waals surface area contributed by atoms with Gasteiger partial charge in [0.2, 0.25) is 5.89 Å². The number of ether oxygens (including phenoxy) is 1. The Morgan fingerprint density at radius 3 is 2.61 bits per heavy atom. The molecule has 4 aromatic rings. The van der Waals surface area contributed by atoms with Crippen LogP contribution in [-0.2, 0) is 4.74 Å². The molecule has 138 valence electrons. The number of rotatable bonds is 4. The van der Waals surface area contributed by atoms with Gasteiger partial charge in [0.1, 0.15) is 12.0 Å². The average Bonchev–Trinajstić information content (AvgIpc) is 3.23. The van der Waals surface area contributed by atoms with Crippen LogP contribution >= 0.6 is 11.6 Å². The Kier molecular flexibility index (Phi) is 4.87. The van der Waals surface area contributed by atoms with Crippen LogP contribution in [0.3, 0.4) is 0 Å². The van der Waals surface area contributed by atoms with E-state index in [2.05, 4.69) is 15.2 Å². The van der Waals surface area contributed by atoms with E-state index in [-0.39, 0.29) is 11.6 Å². The number of methoxy groups -OCH3 is 1. The number of carbonyl (C=O) groups is 1. The summed E-state index contributed by atoms with van der Waals surface area (Å²) in [6, 6.07) is 16.9. The number of hydrogen-bond donors (Lipinski definition) is 0. The first-order chi connectivity index (χ1) is 13.7. The highest BCUT2D eigenvalue weighted by Crippen LogP contribution is 2.38. The molecular weight excluding hydrogens is 378 g/mol. The maximum atomic E-state index is 11.8. The van der Waals surface area contributed by atoms with Gasteiger partial charge in [-0.15, -0.1) is 5.10 Å². The molecule has 7 heteroatoms. The van der Waals surface area contributed by atoms with Crippen LogP contribution in [0.4, 0.5) is 0 Å². The number of aromatic nitrogens is 3. The van der Waals surface area contributed by atoms with Crippen molar-refractivity contribution >= 4 is 17.6 Å². The zero-order valence-electron chi connectivity index (χ0n) is 14.8. The van der Waals surface area contributed by atoms with Gasteiger partial charge in [-0.1, -0.05) is 54.1 Å². The monoisotopic (exact) mass is 391 g/mol. The molecule has 0 saturated heterocycles. The Balaban J connectivity index is 1.98. The van der Waals surface area contributed by atoms with E-state index in [1.165, 1.54) is 13.4 Å². The van der Waals surface area contributed by atoms with E-state index >= 15 is 0 Å². The second-order valence-electron chi connectivity index (χ2n) is 5.89. The van der Waals surface area contributed by atoms with Crippen molar-refractivity contribution in [1.29, 1.82) is 0 Å². The smallest absolute Gasteiger partial charge is 0.360 e. The van der Waals surface area contributed by atoms with Gasteiger partial charge in [0.25, 0.3) is 0 Å². The van der Waals surface area contributed by atoms with Crippen molar-refractivity contribution in [2.24, 2.45) is 0 Å². The van der Waals surface area contributed by atoms with E-state index in [4.69, 9.17) is 20.8 Å². The minimum absolute atomic E-state index is 0.0744. The Hall–Kier alpha value is -3.51. The summed E-state index contributed by atoms with van der Waals surface area (Å²) < 4.78 is 10.3. The van der Waals surface area contributed by atoms with Crippen molar-refractivity contribution < 1.29 is 13.9 Å². The minimum atomic E-state index is -0.581. The highest BCUT2D eigenvalue weighted by atomic mass is 35.5. The van der Waals surface area contributed by atoms with Gasteiger partial charge in [0.05, 0.1) is 18.9 Å². The van der Waals surface area contributed by atoms with Crippen molar-refractivity contribution in [3.63, 3.8) is 0 Å². The zero-order valence-corrected chi connectivity index (χ0v) is 15.6. The molecular formula is C21H14ClN3O3. The average molecular weight is 392 g/mol. The number of esters is 1. The lowest BCUT2D eigenvalue weighted by atomic mass is 9.97. The molecule has 28 heavy (non-hydrogen) atoms. The number of nitrogens with zero attached hydrogens (tertiary/aromatic N) is 3. The summed E-state index contributed by atoms with van der Waals surface area (Å²) in [6.45, 7) is 0. The van der Waals surface area contributed by atoms with Gasteiger partial charge in [-0.05, 0) is 17.7 Å². The van der Waals surface area contributed by atoms with Gasteiger partial charge in [-0.25, -0.2) is 9.78 Å². The number of oxazole rings is 1. The van der Waals surface area contributed by atoms with Crippen molar-refractivity contribution in [3.05, 3.63) is 77.8 Å². The Morgan fingerprint density at radius 2 is 1.86 bits per heavy atom. The van der Waals surface area contributed by atoms with Crippen molar-refractivity contribution in [3.8, 4) is 33.8 Å². The highest BCUT2D eigenvalue weighted by Gasteiger charge is 2.22. The maximum absolute atomic E-state index is 11.8. The van der Waals surface area contributed by atoms with Gasteiger partial charge >= 0.3 is 5.97 Å². The van der Waals surface area contributed by atoms with Crippen LogP contribution in [0.15, 0.2) is 71.5 Å². The molecule has 0 aliphatic heterocycles. The third kappa shape index (κ3) is 3.37. The maximum Gasteiger partial charge on any atom is 0.360 e. The van der Waals surface area contributed by atoms with Crippen LogP contribution in [0.25, 0.3) is 33.8 Å². The predicted octanol–water partition coefficient (Wildman–Crippen LogP) is 4.91. The van der Waals surface area contributed by atoms with E-state index in [1.54, 1.807) is 18.3 Å². The Labute approximate surface area is 165 Å². The van der Waals surface area contributed by atoms with Gasteiger partial charge in [-0.2, -0.15) is 5.10 Å². The predicted molar refractivity (Wildman–Crippen MR) is 105 cm³/mol. The van der Waals surface area contributed by atoms with Gasteiger partial charge in [0, 0.05) is 16.1 Å². The van der Waals surface area contributed by atoms with Gasteiger partial charge < -0.3 is 9.15 Å². The fraction of sp³-hybridized carbons (Fsp3) is 0.0476. The van der Waals surface area contributed by atoms with Crippen LogP contribution < -0.4 is 0 Å². The van der Waals surface area contributed by atoms with E-state index in [1.807, 2.05) is 42.5 Å². The summed E-state index contributed by atoms with van der Waals surface area (Å²) in [4.78, 5) is 16.1. The number of halogens is 1. The fourth-order valence-electron chi connectivity index (χ4n) is 2.86. The summed E-state index contributed by atoms with van der Waals surface area (Å²) in [5, 5.41) is 9.03. The summed E-state index contributed by atoms with van der Waals surface area (Å²) in [5.74, 6) is -0.341. The van der Waals surface area contributed by atoms with E-state index in [0.717, 1.165) is 16.7 Å². The topological polar surface area (TPSA) is 78.1 Å². The third-order valence-electron chi connectivity index (χ3n) is 4.15. The number of hydrogen-bond acceptors (Lipinski definition) is 6. The van der Waals surface area contributed by atoms with Gasteiger partial charge in [0.15, 0.2) is 5.69 Å². The largest absolute Gasteiger partial charge is 0.464 e. The van der Waals surface area contributed by atoms with Crippen molar-refractivity contribution in [1.82, 2.24) is 15.2 Å². The molecule has 2 heterocycles. The molecule has 6 nitrogen and oxygen atoms in total. The Morgan fingerprint density at radius 1 is 1.07 bits per heavy atom. The molecule has 4 rings (SSSR count). The molecule has 0 fully saturated rings. The summed E-state index contributed by atoms with van der Waals surface area (Å²) >= 11 is 6.17. The first kappa shape index (κ1) is 17.9. The lowest BCUT2D eigenvalue weighted by molar-refractivity contribution is 0.0594. The van der Waals surface area contributed by atoms with Crippen LogP contribution in [0.2, 0.25) is 5.02 Å². The number of carbonyl (C=O) groups excluding carboxylic acids is 1. The lowest BCUT2D eigenvalue weighted by Gasteiger charge is -2.11. The molecule has 0 aliphatic carbocycles. The first-order valence-electron chi connectivity index (χ1n) is 8.38. The summed E-state index contributed by atoms with van der Waals surface area (Å²) in [7, 11) is 1.29. The molecule has 0 aliphatic rings. The minimum Gasteiger partial charge on any atom is -0.464 e. The van der Waals surface area contributed by atoms with Gasteiger partial charge in [-0.3, -0.25) is 0 Å². The first-order valence-corrected chi connectivity index (χ1v) is 8.76. The molecule has 0 atom stereocenters. The van der Waals surface area contributed by atoms with Crippen molar-refractivity contribution in [2.75, 3.05) is 7.11 Å². The van der Waals surface area contributed by atoms with Crippen LogP contribution in [0, 0.1) is 0 Å². The second kappa shape index (κ2) is 7.62. The standard InChI is InChI=1S/C21H14ClN3O3/c1-27-21(26)17-12-28-20(24-17)18-16(13-6-3-2-4-7-13)11-23-25-19(18)14-8-5-9-15(22)10-14/h2-12H,1H3. The fourth-order valence-corrected chi connectivity index (χ4v) is 3.05. The molecule has 0 bridgehead atoms. The molecule has 0 amide bonds.